The Balaban J connectivity index is 2.03. The summed E-state index contributed by atoms with van der Waals surface area (Å²) in [6.07, 6.45) is 0. The number of hydrogen-bond acceptors (Lipinski definition) is 4. The van der Waals surface area contributed by atoms with Crippen LogP contribution in [0.4, 0.5) is 0 Å². The Kier molecular flexibility index (Phi) is 4.24. The molecule has 3 N–H and O–H groups in total. The van der Waals surface area contributed by atoms with E-state index in [-0.39, 0.29) is 11.9 Å². The minimum absolute atomic E-state index is 0.272. The number of primary amides is 1. The molecule has 8 heteroatoms. The maximum Gasteiger partial charge on any atom is 0.275 e. The van der Waals surface area contributed by atoms with Crippen molar-refractivity contribution in [2.45, 2.75) is 17.2 Å². The van der Waals surface area contributed by atoms with E-state index < -0.39 is 10.0 Å². The summed E-state index contributed by atoms with van der Waals surface area (Å²) in [5, 5.41) is 1.75. The minimum atomic E-state index is -3.37. The molecule has 6 nitrogen and oxygen atoms in total. The van der Waals surface area contributed by atoms with Gasteiger partial charge >= 0.3 is 0 Å². The molecule has 0 unspecified atom stereocenters. The predicted octanol–water partition coefficient (Wildman–Crippen LogP) is -1.49. The lowest BCUT2D eigenvalue weighted by Gasteiger charge is -2.33. The molecule has 0 spiro atoms. The minimum Gasteiger partial charge on any atom is -0.365 e. The first-order valence-electron chi connectivity index (χ1n) is 6.10. The van der Waals surface area contributed by atoms with Crippen molar-refractivity contribution in [2.24, 2.45) is 5.73 Å². The number of nitrogens with two attached hydrogens (primary N) is 1. The molecule has 19 heavy (non-hydrogen) atoms. The number of rotatable bonds is 4. The molecule has 1 aromatic heterocycles. The van der Waals surface area contributed by atoms with Gasteiger partial charge in [0.2, 0.25) is 0 Å². The molecule has 1 aromatic rings. The molecule has 1 saturated heterocycles. The second kappa shape index (κ2) is 5.58. The second-order valence-corrected chi connectivity index (χ2v) is 7.73. The summed E-state index contributed by atoms with van der Waals surface area (Å²) in [5.74, 6) is -0.343. The van der Waals surface area contributed by atoms with E-state index in [0.717, 1.165) is 4.90 Å². The smallest absolute Gasteiger partial charge is 0.275 e. The first-order valence-corrected chi connectivity index (χ1v) is 8.42. The molecular weight excluding hydrogens is 286 g/mol. The third-order valence-corrected chi connectivity index (χ3v) is 6.76. The summed E-state index contributed by atoms with van der Waals surface area (Å²) in [6.45, 7) is 3.84. The van der Waals surface area contributed by atoms with E-state index in [2.05, 4.69) is 0 Å². The molecule has 0 bridgehead atoms. The number of quaternary nitrogens is 1. The van der Waals surface area contributed by atoms with Crippen LogP contribution in [0, 0.1) is 0 Å². The number of thiophene rings is 1. The lowest BCUT2D eigenvalue weighted by atomic mass is 10.2. The van der Waals surface area contributed by atoms with Crippen molar-refractivity contribution >= 4 is 27.3 Å². The number of amides is 1. The zero-order valence-corrected chi connectivity index (χ0v) is 12.3. The molecule has 106 valence electrons. The number of sulfonamides is 1. The van der Waals surface area contributed by atoms with E-state index in [1.807, 2.05) is 0 Å². The Morgan fingerprint density at radius 1 is 1.47 bits per heavy atom. The van der Waals surface area contributed by atoms with Gasteiger partial charge in [0.1, 0.15) is 4.21 Å². The number of piperazine rings is 1. The van der Waals surface area contributed by atoms with E-state index in [1.165, 1.54) is 15.6 Å². The van der Waals surface area contributed by atoms with Crippen LogP contribution in [-0.4, -0.2) is 50.9 Å². The maximum atomic E-state index is 12.3. The molecule has 1 atom stereocenters. The fourth-order valence-electron chi connectivity index (χ4n) is 2.19. The summed E-state index contributed by atoms with van der Waals surface area (Å²) in [4.78, 5) is 12.2. The largest absolute Gasteiger partial charge is 0.365 e. The average molecular weight is 304 g/mol. The number of carbonyl (C=O) groups is 1. The first-order chi connectivity index (χ1) is 8.93. The standard InChI is InChI=1S/C11H17N3O3S2/c1-9(11(12)15)13-4-6-14(7-5-13)19(16,17)10-3-2-8-18-10/h2-3,8-9H,4-7H2,1H3,(H2,12,15)/p+1/t9-/m0/s1. The highest BCUT2D eigenvalue weighted by molar-refractivity contribution is 7.91. The van der Waals surface area contributed by atoms with E-state index >= 15 is 0 Å². The van der Waals surface area contributed by atoms with Crippen LogP contribution in [0.1, 0.15) is 6.92 Å². The monoisotopic (exact) mass is 304 g/mol. The number of nitrogens with one attached hydrogen (secondary N) is 1. The van der Waals surface area contributed by atoms with Crippen LogP contribution in [0.25, 0.3) is 0 Å². The fourth-order valence-corrected chi connectivity index (χ4v) is 4.77. The molecule has 0 aliphatic carbocycles. The van der Waals surface area contributed by atoms with E-state index in [0.29, 0.717) is 30.4 Å². The number of carbonyl (C=O) groups excluding carboxylic acids is 1. The van der Waals surface area contributed by atoms with Crippen molar-refractivity contribution < 1.29 is 18.1 Å². The molecule has 1 aliphatic rings. The molecule has 1 fully saturated rings. The normalized spacial score (nSPS) is 20.3. The molecule has 2 rings (SSSR count). The Morgan fingerprint density at radius 2 is 2.11 bits per heavy atom. The van der Waals surface area contributed by atoms with E-state index in [4.69, 9.17) is 5.73 Å². The van der Waals surface area contributed by atoms with E-state index in [1.54, 1.807) is 24.4 Å². The first kappa shape index (κ1) is 14.4. The van der Waals surface area contributed by atoms with Gasteiger partial charge in [-0.2, -0.15) is 4.31 Å². The number of hydrogen-bond donors (Lipinski definition) is 2. The lowest BCUT2D eigenvalue weighted by molar-refractivity contribution is -0.917. The third-order valence-electron chi connectivity index (χ3n) is 3.49. The molecule has 0 aromatic carbocycles. The van der Waals surface area contributed by atoms with Crippen molar-refractivity contribution in [3.63, 3.8) is 0 Å². The SMILES string of the molecule is C[C@@H](C(N)=O)[NH+]1CCN(S(=O)(=O)c2cccs2)CC1. The summed E-state index contributed by atoms with van der Waals surface area (Å²) in [5.41, 5.74) is 5.27. The van der Waals surface area contributed by atoms with Crippen LogP contribution in [0.3, 0.4) is 0 Å². The van der Waals surface area contributed by atoms with Crippen LogP contribution < -0.4 is 10.6 Å². The molecule has 1 amide bonds. The van der Waals surface area contributed by atoms with Crippen molar-refractivity contribution in [1.82, 2.24) is 4.31 Å². The fraction of sp³-hybridized carbons (Fsp3) is 0.545. The van der Waals surface area contributed by atoms with Crippen molar-refractivity contribution in [3.8, 4) is 0 Å². The molecular formula is C11H18N3O3S2+. The maximum absolute atomic E-state index is 12.3. The van der Waals surface area contributed by atoms with Gasteiger partial charge in [-0.25, -0.2) is 8.42 Å². The molecule has 1 aliphatic heterocycles. The van der Waals surface area contributed by atoms with Gasteiger partial charge < -0.3 is 10.6 Å². The van der Waals surface area contributed by atoms with Gasteiger partial charge in [0.15, 0.2) is 6.04 Å². The lowest BCUT2D eigenvalue weighted by Crippen LogP contribution is -3.19. The summed E-state index contributed by atoms with van der Waals surface area (Å²) >= 11 is 1.22. The predicted molar refractivity (Wildman–Crippen MR) is 72.4 cm³/mol. The Labute approximate surface area is 116 Å². The van der Waals surface area contributed by atoms with Crippen LogP contribution >= 0.6 is 11.3 Å². The van der Waals surface area contributed by atoms with Crippen LogP contribution in [-0.2, 0) is 14.8 Å². The second-order valence-electron chi connectivity index (χ2n) is 4.62. The third kappa shape index (κ3) is 2.97. The van der Waals surface area contributed by atoms with Crippen LogP contribution in [0.2, 0.25) is 0 Å². The van der Waals surface area contributed by atoms with Crippen LogP contribution in [0.5, 0.6) is 0 Å². The summed E-state index contributed by atoms with van der Waals surface area (Å²) < 4.78 is 26.4. The number of nitrogens with zero attached hydrogens (tertiary/aromatic N) is 1. The Hall–Kier alpha value is -0.960. The molecule has 0 radical (unpaired) electrons. The Morgan fingerprint density at radius 3 is 2.58 bits per heavy atom. The molecule has 2 heterocycles. The van der Waals surface area contributed by atoms with Gasteiger partial charge in [0, 0.05) is 0 Å². The zero-order chi connectivity index (χ0) is 14.0. The Bertz CT molecular complexity index is 534. The van der Waals surface area contributed by atoms with Gasteiger partial charge in [-0.3, -0.25) is 4.79 Å². The van der Waals surface area contributed by atoms with Crippen LogP contribution in [0.15, 0.2) is 21.7 Å². The zero-order valence-electron chi connectivity index (χ0n) is 10.7. The topological polar surface area (TPSA) is 84.9 Å². The van der Waals surface area contributed by atoms with E-state index in [9.17, 15) is 13.2 Å². The van der Waals surface area contributed by atoms with Crippen molar-refractivity contribution in [3.05, 3.63) is 17.5 Å². The highest BCUT2D eigenvalue weighted by Crippen LogP contribution is 2.20. The highest BCUT2D eigenvalue weighted by Gasteiger charge is 2.33. The average Bonchev–Trinajstić information content (AvgIpc) is 2.92. The highest BCUT2D eigenvalue weighted by atomic mass is 32.2. The van der Waals surface area contributed by atoms with Gasteiger partial charge in [-0.1, -0.05) is 6.07 Å². The summed E-state index contributed by atoms with van der Waals surface area (Å²) in [7, 11) is -3.37. The quantitative estimate of drug-likeness (QED) is 0.711. The summed E-state index contributed by atoms with van der Waals surface area (Å²) in [6, 6.07) is 3.08. The molecule has 0 saturated carbocycles. The van der Waals surface area contributed by atoms with Crippen molar-refractivity contribution in [1.29, 1.82) is 0 Å². The van der Waals surface area contributed by atoms with Gasteiger partial charge in [0.25, 0.3) is 15.9 Å². The van der Waals surface area contributed by atoms with Gasteiger partial charge in [0.05, 0.1) is 26.2 Å². The van der Waals surface area contributed by atoms with Gasteiger partial charge in [-0.15, -0.1) is 11.3 Å². The van der Waals surface area contributed by atoms with Gasteiger partial charge in [-0.05, 0) is 18.4 Å². The van der Waals surface area contributed by atoms with Crippen molar-refractivity contribution in [2.75, 3.05) is 26.2 Å².